The SMILES string of the molecule is CCn1c(=O)c2cc(NC(=O)CC(C)(C)CC(=O)Nc3ccc(C#N)c(Cl)c3)ccc2n(CC)c1=O. The number of fused-ring (bicyclic) bond motifs is 1. The Morgan fingerprint density at radius 2 is 1.50 bits per heavy atom. The van der Waals surface area contributed by atoms with Gasteiger partial charge >= 0.3 is 5.69 Å². The Morgan fingerprint density at radius 3 is 2.03 bits per heavy atom. The maximum Gasteiger partial charge on any atom is 0.331 e. The highest BCUT2D eigenvalue weighted by molar-refractivity contribution is 6.32. The van der Waals surface area contributed by atoms with E-state index in [1.165, 1.54) is 21.3 Å². The van der Waals surface area contributed by atoms with Crippen LogP contribution in [0.15, 0.2) is 46.0 Å². The number of benzene rings is 2. The van der Waals surface area contributed by atoms with E-state index in [-0.39, 0.29) is 41.9 Å². The predicted octanol–water partition coefficient (Wildman–Crippen LogP) is 4.11. The summed E-state index contributed by atoms with van der Waals surface area (Å²) in [5.41, 5.74) is 0.279. The minimum absolute atomic E-state index is 0.0558. The number of carbonyl (C=O) groups excluding carboxylic acids is 2. The van der Waals surface area contributed by atoms with Gasteiger partial charge in [-0.2, -0.15) is 5.26 Å². The zero-order chi connectivity index (χ0) is 26.6. The Kier molecular flexibility index (Phi) is 8.00. The lowest BCUT2D eigenvalue weighted by molar-refractivity contribution is -0.120. The van der Waals surface area contributed by atoms with Crippen LogP contribution in [0.2, 0.25) is 5.02 Å². The molecule has 10 heteroatoms. The van der Waals surface area contributed by atoms with E-state index in [0.717, 1.165) is 0 Å². The number of hydrogen-bond acceptors (Lipinski definition) is 5. The number of aromatic nitrogens is 2. The smallest absolute Gasteiger partial charge is 0.326 e. The summed E-state index contributed by atoms with van der Waals surface area (Å²) < 4.78 is 2.69. The second-order valence-electron chi connectivity index (χ2n) is 9.23. The molecule has 2 aromatic carbocycles. The van der Waals surface area contributed by atoms with E-state index in [1.807, 2.05) is 13.0 Å². The first-order valence-electron chi connectivity index (χ1n) is 11.6. The fraction of sp³-hybridized carbons (Fsp3) is 0.346. The molecule has 1 heterocycles. The molecule has 0 saturated heterocycles. The van der Waals surface area contributed by atoms with E-state index in [9.17, 15) is 19.2 Å². The average Bonchev–Trinajstić information content (AvgIpc) is 2.79. The first-order chi connectivity index (χ1) is 17.0. The Hall–Kier alpha value is -3.90. The number of anilines is 2. The molecule has 0 bridgehead atoms. The van der Waals surface area contributed by atoms with Crippen molar-refractivity contribution in [2.75, 3.05) is 10.6 Å². The molecular formula is C26H28ClN5O4. The summed E-state index contributed by atoms with van der Waals surface area (Å²) in [6, 6.07) is 11.4. The number of carbonyl (C=O) groups is 2. The van der Waals surface area contributed by atoms with Gasteiger partial charge in [-0.05, 0) is 55.7 Å². The minimum atomic E-state index is -0.668. The third-order valence-corrected chi connectivity index (χ3v) is 6.11. The van der Waals surface area contributed by atoms with Gasteiger partial charge in [-0.1, -0.05) is 25.4 Å². The highest BCUT2D eigenvalue weighted by Gasteiger charge is 2.26. The molecule has 0 radical (unpaired) electrons. The second kappa shape index (κ2) is 10.8. The molecule has 9 nitrogen and oxygen atoms in total. The van der Waals surface area contributed by atoms with Gasteiger partial charge in [0, 0.05) is 37.3 Å². The van der Waals surface area contributed by atoms with Crippen LogP contribution in [0.3, 0.4) is 0 Å². The molecule has 0 fully saturated rings. The number of hydrogen-bond donors (Lipinski definition) is 2. The third-order valence-electron chi connectivity index (χ3n) is 5.79. The molecule has 0 aliphatic rings. The molecule has 0 aliphatic heterocycles. The summed E-state index contributed by atoms with van der Waals surface area (Å²) in [5, 5.41) is 15.1. The van der Waals surface area contributed by atoms with Crippen LogP contribution in [-0.2, 0) is 22.7 Å². The topological polar surface area (TPSA) is 126 Å². The van der Waals surface area contributed by atoms with Gasteiger partial charge < -0.3 is 10.6 Å². The average molecular weight is 510 g/mol. The molecule has 2 N–H and O–H groups in total. The molecule has 0 spiro atoms. The maximum atomic E-state index is 12.8. The fourth-order valence-electron chi connectivity index (χ4n) is 4.11. The molecule has 188 valence electrons. The van der Waals surface area contributed by atoms with Crippen molar-refractivity contribution < 1.29 is 9.59 Å². The maximum absolute atomic E-state index is 12.8. The van der Waals surface area contributed by atoms with E-state index in [2.05, 4.69) is 10.6 Å². The Labute approximate surface area is 213 Å². The highest BCUT2D eigenvalue weighted by atomic mass is 35.5. The summed E-state index contributed by atoms with van der Waals surface area (Å²) in [7, 11) is 0. The van der Waals surface area contributed by atoms with Gasteiger partial charge in [0.1, 0.15) is 6.07 Å². The predicted molar refractivity (Wildman–Crippen MR) is 140 cm³/mol. The number of halogens is 1. The van der Waals surface area contributed by atoms with Gasteiger partial charge in [-0.3, -0.25) is 23.5 Å². The van der Waals surface area contributed by atoms with E-state index in [4.69, 9.17) is 16.9 Å². The van der Waals surface area contributed by atoms with Crippen LogP contribution in [0.4, 0.5) is 11.4 Å². The van der Waals surface area contributed by atoms with Crippen LogP contribution in [0, 0.1) is 16.7 Å². The van der Waals surface area contributed by atoms with E-state index >= 15 is 0 Å². The molecule has 0 atom stereocenters. The van der Waals surface area contributed by atoms with Gasteiger partial charge in [-0.25, -0.2) is 4.79 Å². The monoisotopic (exact) mass is 509 g/mol. The zero-order valence-corrected chi connectivity index (χ0v) is 21.4. The molecular weight excluding hydrogens is 482 g/mol. The van der Waals surface area contributed by atoms with E-state index in [0.29, 0.717) is 34.4 Å². The minimum Gasteiger partial charge on any atom is -0.326 e. The molecule has 0 unspecified atom stereocenters. The first kappa shape index (κ1) is 26.7. The lowest BCUT2D eigenvalue weighted by Gasteiger charge is -2.23. The van der Waals surface area contributed by atoms with Crippen molar-refractivity contribution in [3.63, 3.8) is 0 Å². The summed E-state index contributed by atoms with van der Waals surface area (Å²) in [4.78, 5) is 50.7. The van der Waals surface area contributed by atoms with Crippen LogP contribution in [0.25, 0.3) is 10.9 Å². The number of nitrogens with one attached hydrogen (secondary N) is 2. The zero-order valence-electron chi connectivity index (χ0n) is 20.6. The van der Waals surface area contributed by atoms with Crippen LogP contribution >= 0.6 is 11.6 Å². The van der Waals surface area contributed by atoms with Crippen molar-refractivity contribution in [3.8, 4) is 6.07 Å². The van der Waals surface area contributed by atoms with Crippen molar-refractivity contribution in [1.82, 2.24) is 9.13 Å². The molecule has 36 heavy (non-hydrogen) atoms. The van der Waals surface area contributed by atoms with Gasteiger partial charge in [-0.15, -0.1) is 0 Å². The Morgan fingerprint density at radius 1 is 0.944 bits per heavy atom. The van der Waals surface area contributed by atoms with Crippen molar-refractivity contribution in [1.29, 1.82) is 5.26 Å². The van der Waals surface area contributed by atoms with Crippen LogP contribution in [0.1, 0.15) is 46.1 Å². The van der Waals surface area contributed by atoms with Crippen LogP contribution in [0.5, 0.6) is 0 Å². The van der Waals surface area contributed by atoms with Crippen molar-refractivity contribution in [3.05, 3.63) is 67.8 Å². The number of amides is 2. The van der Waals surface area contributed by atoms with E-state index < -0.39 is 11.0 Å². The third kappa shape index (κ3) is 5.83. The molecule has 1 aromatic heterocycles. The summed E-state index contributed by atoms with van der Waals surface area (Å²) >= 11 is 6.02. The van der Waals surface area contributed by atoms with Gasteiger partial charge in [0.15, 0.2) is 0 Å². The number of nitrogens with zero attached hydrogens (tertiary/aromatic N) is 3. The molecule has 3 rings (SSSR count). The number of rotatable bonds is 8. The first-order valence-corrected chi connectivity index (χ1v) is 11.9. The molecule has 2 amide bonds. The lowest BCUT2D eigenvalue weighted by Crippen LogP contribution is -2.39. The quantitative estimate of drug-likeness (QED) is 0.472. The normalized spacial score (nSPS) is 11.2. The van der Waals surface area contributed by atoms with Gasteiger partial charge in [0.25, 0.3) is 5.56 Å². The summed E-state index contributed by atoms with van der Waals surface area (Å²) in [5.74, 6) is -0.606. The van der Waals surface area contributed by atoms with Crippen molar-refractivity contribution >= 4 is 45.7 Å². The summed E-state index contributed by atoms with van der Waals surface area (Å²) in [6.45, 7) is 7.82. The number of aryl methyl sites for hydroxylation is 1. The molecule has 3 aromatic rings. The lowest BCUT2D eigenvalue weighted by atomic mass is 9.85. The van der Waals surface area contributed by atoms with Crippen molar-refractivity contribution in [2.45, 2.75) is 53.6 Å². The molecule has 0 aliphatic carbocycles. The summed E-state index contributed by atoms with van der Waals surface area (Å²) in [6.07, 6.45) is 0.125. The fourth-order valence-corrected chi connectivity index (χ4v) is 4.33. The van der Waals surface area contributed by atoms with Gasteiger partial charge in [0.05, 0.1) is 21.5 Å². The van der Waals surface area contributed by atoms with Gasteiger partial charge in [0.2, 0.25) is 11.8 Å². The Bertz CT molecular complexity index is 1500. The van der Waals surface area contributed by atoms with Crippen molar-refractivity contribution in [2.24, 2.45) is 5.41 Å². The highest BCUT2D eigenvalue weighted by Crippen LogP contribution is 2.27. The second-order valence-corrected chi connectivity index (χ2v) is 9.64. The molecule has 0 saturated carbocycles. The van der Waals surface area contributed by atoms with Crippen LogP contribution in [-0.4, -0.2) is 20.9 Å². The standard InChI is InChI=1S/C26H28ClN5O4/c1-5-31-21-10-9-17(11-19(21)24(35)32(6-2)25(31)36)29-22(33)13-26(3,4)14-23(34)30-18-8-7-16(15-28)20(27)12-18/h7-12H,5-6,13-14H2,1-4H3,(H,29,33)(H,30,34). The van der Waals surface area contributed by atoms with E-state index in [1.54, 1.807) is 45.0 Å². The number of nitriles is 1. The Balaban J connectivity index is 1.71. The van der Waals surface area contributed by atoms with Crippen LogP contribution < -0.4 is 21.9 Å². The largest absolute Gasteiger partial charge is 0.331 e.